The minimum Gasteiger partial charge on any atom is -0.469 e. The molecule has 1 N–H and O–H groups in total. The Kier molecular flexibility index (Phi) is 6.83. The molecular weight excluding hydrogens is 246 g/mol. The minimum absolute atomic E-state index is 0.153. The number of ether oxygens (including phenoxy) is 1. The van der Waals surface area contributed by atoms with Crippen molar-refractivity contribution in [2.45, 2.75) is 37.8 Å². The molecule has 1 rings (SSSR count). The molecule has 0 aromatic heterocycles. The van der Waals surface area contributed by atoms with Crippen molar-refractivity contribution in [2.75, 3.05) is 12.9 Å². The number of carbonyl (C=O) groups is 1. The first-order valence-electron chi connectivity index (χ1n) is 6.13. The van der Waals surface area contributed by atoms with Crippen LogP contribution in [0.25, 0.3) is 0 Å². The maximum Gasteiger partial charge on any atom is 0.306 e. The van der Waals surface area contributed by atoms with E-state index in [0.717, 1.165) is 12.3 Å². The Morgan fingerprint density at radius 2 is 2.00 bits per heavy atom. The van der Waals surface area contributed by atoms with Crippen molar-refractivity contribution in [2.24, 2.45) is 0 Å². The van der Waals surface area contributed by atoms with Gasteiger partial charge in [-0.1, -0.05) is 26.0 Å². The van der Waals surface area contributed by atoms with Gasteiger partial charge in [0.25, 0.3) is 0 Å². The third-order valence-electron chi connectivity index (χ3n) is 2.44. The van der Waals surface area contributed by atoms with Crippen molar-refractivity contribution in [1.82, 2.24) is 5.32 Å². The lowest BCUT2D eigenvalue weighted by molar-refractivity contribution is -0.140. The normalized spacial score (nSPS) is 10.7. The second kappa shape index (κ2) is 8.16. The molecule has 0 heterocycles. The average Bonchev–Trinajstić information content (AvgIpc) is 2.37. The average molecular weight is 267 g/mol. The highest BCUT2D eigenvalue weighted by Crippen LogP contribution is 2.19. The lowest BCUT2D eigenvalue weighted by Gasteiger charge is -2.08. The molecule has 0 fully saturated rings. The lowest BCUT2D eigenvalue weighted by atomic mass is 10.2. The fraction of sp³-hybridized carbons (Fsp3) is 0.500. The topological polar surface area (TPSA) is 38.3 Å². The number of rotatable bonds is 7. The Morgan fingerprint density at radius 1 is 1.33 bits per heavy atom. The van der Waals surface area contributed by atoms with Crippen LogP contribution in [0.3, 0.4) is 0 Å². The number of carbonyl (C=O) groups excluding carboxylic acids is 1. The largest absolute Gasteiger partial charge is 0.469 e. The number of methoxy groups -OCH3 is 1. The van der Waals surface area contributed by atoms with Gasteiger partial charge in [-0.15, -0.1) is 11.8 Å². The van der Waals surface area contributed by atoms with Crippen LogP contribution in [0.2, 0.25) is 0 Å². The van der Waals surface area contributed by atoms with Crippen molar-refractivity contribution in [3.63, 3.8) is 0 Å². The van der Waals surface area contributed by atoms with E-state index in [2.05, 4.69) is 48.2 Å². The predicted molar refractivity (Wildman–Crippen MR) is 75.8 cm³/mol. The van der Waals surface area contributed by atoms with Gasteiger partial charge >= 0.3 is 5.97 Å². The summed E-state index contributed by atoms with van der Waals surface area (Å²) in [5, 5.41) is 3.38. The molecule has 0 bridgehead atoms. The Balaban J connectivity index is 2.33. The molecule has 0 unspecified atom stereocenters. The van der Waals surface area contributed by atoms with Gasteiger partial charge in [0.1, 0.15) is 0 Å². The van der Waals surface area contributed by atoms with Crippen LogP contribution >= 0.6 is 11.8 Å². The molecule has 1 aromatic rings. The summed E-state index contributed by atoms with van der Waals surface area (Å²) in [5.41, 5.74) is 1.28. The van der Waals surface area contributed by atoms with Gasteiger partial charge in [0, 0.05) is 23.2 Å². The van der Waals surface area contributed by atoms with E-state index < -0.39 is 0 Å². The van der Waals surface area contributed by atoms with E-state index in [9.17, 15) is 4.79 Å². The molecule has 0 aliphatic rings. The molecule has 100 valence electrons. The standard InChI is InChI=1S/C14H21NO2S/c1-11(2)15-10-12-4-6-13(7-5-12)18-9-8-14(16)17-3/h4-7,11,15H,8-10H2,1-3H3. The summed E-state index contributed by atoms with van der Waals surface area (Å²) in [4.78, 5) is 12.1. The number of hydrogen-bond donors (Lipinski definition) is 1. The molecule has 0 aliphatic carbocycles. The van der Waals surface area contributed by atoms with Gasteiger partial charge in [-0.25, -0.2) is 0 Å². The molecule has 0 amide bonds. The number of esters is 1. The van der Waals surface area contributed by atoms with Gasteiger partial charge in [0.2, 0.25) is 0 Å². The fourth-order valence-electron chi connectivity index (χ4n) is 1.38. The van der Waals surface area contributed by atoms with Gasteiger partial charge in [-0.05, 0) is 17.7 Å². The summed E-state index contributed by atoms with van der Waals surface area (Å²) in [5.74, 6) is 0.608. The summed E-state index contributed by atoms with van der Waals surface area (Å²) in [6, 6.07) is 8.93. The predicted octanol–water partition coefficient (Wildman–Crippen LogP) is 2.84. The third kappa shape index (κ3) is 6.07. The highest BCUT2D eigenvalue weighted by Gasteiger charge is 2.01. The van der Waals surface area contributed by atoms with Gasteiger partial charge in [0.15, 0.2) is 0 Å². The van der Waals surface area contributed by atoms with Crippen molar-refractivity contribution >= 4 is 17.7 Å². The highest BCUT2D eigenvalue weighted by atomic mass is 32.2. The zero-order valence-electron chi connectivity index (χ0n) is 11.2. The summed E-state index contributed by atoms with van der Waals surface area (Å²) in [6.07, 6.45) is 0.456. The van der Waals surface area contributed by atoms with E-state index in [1.165, 1.54) is 17.6 Å². The second-order valence-corrected chi connectivity index (χ2v) is 5.52. The maximum atomic E-state index is 11.0. The van der Waals surface area contributed by atoms with Gasteiger partial charge in [-0.3, -0.25) is 4.79 Å². The van der Waals surface area contributed by atoms with Crippen molar-refractivity contribution < 1.29 is 9.53 Å². The van der Waals surface area contributed by atoms with Crippen LogP contribution < -0.4 is 5.32 Å². The molecule has 0 saturated carbocycles. The number of thioether (sulfide) groups is 1. The first-order chi connectivity index (χ1) is 8.61. The van der Waals surface area contributed by atoms with E-state index in [-0.39, 0.29) is 5.97 Å². The van der Waals surface area contributed by atoms with Crippen LogP contribution in [-0.2, 0) is 16.1 Å². The maximum absolute atomic E-state index is 11.0. The van der Waals surface area contributed by atoms with Gasteiger partial charge < -0.3 is 10.1 Å². The van der Waals surface area contributed by atoms with Crippen LogP contribution in [0.1, 0.15) is 25.8 Å². The third-order valence-corrected chi connectivity index (χ3v) is 3.45. The van der Waals surface area contributed by atoms with E-state index in [0.29, 0.717) is 12.5 Å². The van der Waals surface area contributed by atoms with Crippen molar-refractivity contribution in [3.8, 4) is 0 Å². The van der Waals surface area contributed by atoms with E-state index >= 15 is 0 Å². The first kappa shape index (κ1) is 15.1. The second-order valence-electron chi connectivity index (χ2n) is 4.35. The molecule has 4 heteroatoms. The van der Waals surface area contributed by atoms with E-state index in [1.54, 1.807) is 11.8 Å². The number of hydrogen-bond acceptors (Lipinski definition) is 4. The summed E-state index contributed by atoms with van der Waals surface area (Å²) in [7, 11) is 1.42. The monoisotopic (exact) mass is 267 g/mol. The smallest absolute Gasteiger partial charge is 0.306 e. The van der Waals surface area contributed by atoms with Crippen LogP contribution in [-0.4, -0.2) is 24.9 Å². The van der Waals surface area contributed by atoms with Crippen LogP contribution in [0.15, 0.2) is 29.2 Å². The Hall–Kier alpha value is -1.00. The quantitative estimate of drug-likeness (QED) is 0.609. The molecular formula is C14H21NO2S. The van der Waals surface area contributed by atoms with Crippen LogP contribution in [0.5, 0.6) is 0 Å². The minimum atomic E-state index is -0.153. The fourth-order valence-corrected chi connectivity index (χ4v) is 2.21. The molecule has 18 heavy (non-hydrogen) atoms. The number of benzene rings is 1. The van der Waals surface area contributed by atoms with Gasteiger partial charge in [-0.2, -0.15) is 0 Å². The van der Waals surface area contributed by atoms with Crippen LogP contribution in [0.4, 0.5) is 0 Å². The van der Waals surface area contributed by atoms with E-state index in [1.807, 2.05) is 0 Å². The Morgan fingerprint density at radius 3 is 2.56 bits per heavy atom. The van der Waals surface area contributed by atoms with Crippen LogP contribution in [0, 0.1) is 0 Å². The molecule has 0 spiro atoms. The Bertz CT molecular complexity index is 363. The first-order valence-corrected chi connectivity index (χ1v) is 7.12. The zero-order valence-corrected chi connectivity index (χ0v) is 12.0. The van der Waals surface area contributed by atoms with E-state index in [4.69, 9.17) is 0 Å². The zero-order chi connectivity index (χ0) is 13.4. The van der Waals surface area contributed by atoms with Crippen molar-refractivity contribution in [3.05, 3.63) is 29.8 Å². The molecule has 0 radical (unpaired) electrons. The van der Waals surface area contributed by atoms with Crippen molar-refractivity contribution in [1.29, 1.82) is 0 Å². The summed E-state index contributed by atoms with van der Waals surface area (Å²) in [6.45, 7) is 5.17. The molecule has 3 nitrogen and oxygen atoms in total. The summed E-state index contributed by atoms with van der Waals surface area (Å²) < 4.78 is 4.60. The lowest BCUT2D eigenvalue weighted by Crippen LogP contribution is -2.21. The molecule has 0 aliphatic heterocycles. The Labute approximate surface area is 113 Å². The highest BCUT2D eigenvalue weighted by molar-refractivity contribution is 7.99. The number of nitrogens with one attached hydrogen (secondary N) is 1. The molecule has 0 atom stereocenters. The van der Waals surface area contributed by atoms with Gasteiger partial charge in [0.05, 0.1) is 13.5 Å². The molecule has 0 saturated heterocycles. The molecule has 1 aromatic carbocycles. The SMILES string of the molecule is COC(=O)CCSc1ccc(CNC(C)C)cc1. The summed E-state index contributed by atoms with van der Waals surface area (Å²) >= 11 is 1.68.